The van der Waals surface area contributed by atoms with Crippen LogP contribution in [0.3, 0.4) is 0 Å². The third kappa shape index (κ3) is 8.99. The third-order valence-electron chi connectivity index (χ3n) is 22.5. The molecule has 4 spiro atoms. The molecule has 0 aliphatic carbocycles. The molecule has 1 N–H and O–H groups in total. The predicted molar refractivity (Wildman–Crippen MR) is 437 cm³/mol. The zero-order chi connectivity index (χ0) is 69.7. The summed E-state index contributed by atoms with van der Waals surface area (Å²) in [6, 6.07) is 132. The second kappa shape index (κ2) is 25.2. The first kappa shape index (κ1) is 62.8. The molecule has 0 unspecified atom stereocenters. The Morgan fingerprint density at radius 3 is 0.810 bits per heavy atom. The van der Waals surface area contributed by atoms with Crippen LogP contribution >= 0.6 is 15.9 Å². The Hall–Kier alpha value is -12.0. The van der Waals surface area contributed by atoms with E-state index in [1.807, 2.05) is 12.4 Å². The van der Waals surface area contributed by atoms with E-state index in [9.17, 15) is 0 Å². The van der Waals surface area contributed by atoms with Gasteiger partial charge in [0.2, 0.25) is 0 Å². The van der Waals surface area contributed by atoms with Crippen LogP contribution in [0.15, 0.2) is 394 Å². The van der Waals surface area contributed by atoms with Crippen LogP contribution in [0.4, 0.5) is 62.6 Å². The molecule has 0 fully saturated rings. The molecule has 0 radical (unpaired) electrons. The van der Waals surface area contributed by atoms with Gasteiger partial charge in [-0.25, -0.2) is 9.97 Å². The molecule has 6 aliphatic rings. The number of nitrogens with zero attached hydrogens (tertiary/aromatic N) is 7. The summed E-state index contributed by atoms with van der Waals surface area (Å²) in [6.07, 6.45) is 10.3. The van der Waals surface area contributed by atoms with Crippen LogP contribution in [-0.4, -0.2) is 46.5 Å². The number of halogens is 1. The first-order valence-electron chi connectivity index (χ1n) is 35.7. The van der Waals surface area contributed by atoms with E-state index in [-0.39, 0.29) is 0 Å². The van der Waals surface area contributed by atoms with Gasteiger partial charge in [-0.2, -0.15) is 0 Å². The average Bonchev–Trinajstić information content (AvgIpc) is 0.661. The molecule has 0 atom stereocenters. The molecule has 16 aromatic rings. The quantitative estimate of drug-likeness (QED) is 0.175. The summed E-state index contributed by atoms with van der Waals surface area (Å²) in [5.41, 5.74) is 22.8. The fraction of sp³-hybridized carbons (Fsp3) is 0.0213. The number of rotatable bonds is 3. The van der Waals surface area contributed by atoms with Crippen molar-refractivity contribution in [2.75, 3.05) is 20.0 Å². The minimum absolute atomic E-state index is 0.456. The fourth-order valence-electron chi connectivity index (χ4n) is 19.0. The van der Waals surface area contributed by atoms with Gasteiger partial charge in [-0.05, 0) is 15.9 Å². The first-order chi connectivity index (χ1) is 52.1. The summed E-state index contributed by atoms with van der Waals surface area (Å²) >= 11 is -4.22. The molecule has 496 valence electrons. The van der Waals surface area contributed by atoms with Crippen molar-refractivity contribution in [2.45, 2.75) is 10.8 Å². The van der Waals surface area contributed by atoms with Crippen molar-refractivity contribution in [3.63, 3.8) is 0 Å². The molecule has 11 heteroatoms. The van der Waals surface area contributed by atoms with Crippen LogP contribution in [0.25, 0.3) is 0 Å². The van der Waals surface area contributed by atoms with Crippen molar-refractivity contribution < 1.29 is 0 Å². The second-order valence-corrected chi connectivity index (χ2v) is 43.6. The van der Waals surface area contributed by atoms with E-state index in [2.05, 4.69) is 408 Å². The maximum atomic E-state index is 4.46. The maximum absolute atomic E-state index is 4.46. The molecule has 105 heavy (non-hydrogen) atoms. The second-order valence-electron chi connectivity index (χ2n) is 27.3. The van der Waals surface area contributed by atoms with Crippen molar-refractivity contribution in [3.05, 3.63) is 438 Å². The van der Waals surface area contributed by atoms with Gasteiger partial charge in [-0.3, -0.25) is 0 Å². The van der Waals surface area contributed by atoms with Crippen LogP contribution in [0, 0.1) is 0 Å². The molecule has 14 aromatic carbocycles. The zero-order valence-corrected chi connectivity index (χ0v) is 62.7. The number of nitrogens with one attached hydrogen (secondary N) is 1. The van der Waals surface area contributed by atoms with Crippen molar-refractivity contribution >= 4 is 140 Å². The summed E-state index contributed by atoms with van der Waals surface area (Å²) in [4.78, 5) is 23.7. The third-order valence-corrected chi connectivity index (χ3v) is 43.7. The molecule has 0 amide bonds. The van der Waals surface area contributed by atoms with Crippen molar-refractivity contribution in [3.8, 4) is 0 Å². The number of para-hydroxylation sites is 10. The van der Waals surface area contributed by atoms with Gasteiger partial charge in [0.1, 0.15) is 6.33 Å². The van der Waals surface area contributed by atoms with Gasteiger partial charge in [0.15, 0.2) is 0 Å². The van der Waals surface area contributed by atoms with Crippen LogP contribution in [0.5, 0.6) is 0 Å². The van der Waals surface area contributed by atoms with Crippen molar-refractivity contribution in [1.29, 1.82) is 0 Å². The minimum atomic E-state index is -3.76. The number of aromatic nitrogens is 4. The number of hydrogen-bond donors (Lipinski definition) is 1. The van der Waals surface area contributed by atoms with Crippen LogP contribution < -0.4 is 55.2 Å². The molecule has 0 saturated carbocycles. The molecule has 8 heterocycles. The van der Waals surface area contributed by atoms with Gasteiger partial charge in [-0.1, -0.05) is 0 Å². The van der Waals surface area contributed by atoms with E-state index in [0.717, 1.165) is 21.5 Å². The van der Waals surface area contributed by atoms with E-state index in [0.29, 0.717) is 0 Å². The van der Waals surface area contributed by atoms with Gasteiger partial charge in [-0.15, -0.1) is 0 Å². The first-order valence-corrected chi connectivity index (χ1v) is 44.9. The van der Waals surface area contributed by atoms with E-state index in [4.69, 9.17) is 0 Å². The number of fused-ring (bicyclic) bond motifs is 28. The number of hydrogen-bond acceptors (Lipinski definition) is 8. The molecule has 0 saturated heterocycles. The Balaban J connectivity index is 0.000000128. The zero-order valence-electron chi connectivity index (χ0n) is 57.0. The summed E-state index contributed by atoms with van der Waals surface area (Å²) in [5, 5.41) is 3.81. The topological polar surface area (TPSA) is 73.3 Å². The SMILES string of the molecule is Brc1cncnc1.c1ccc(N2c3cccc[c]3[Ge]3([c]4ccccc42)[c]2ccccc2C2(c4ccccc4N(c4cncnc4)c4ccccc42)c2cccc[c]23)cc1.c1ccc(N2c3cccc[c]3[Ge]3([c]4ccccc42)[c]2ccccc2C2(c4ccccc4Nc4ccccc42)c2cccc[c]23)cc1. The van der Waals surface area contributed by atoms with Crippen molar-refractivity contribution in [2.24, 2.45) is 0 Å². The van der Waals surface area contributed by atoms with Gasteiger partial charge in [0.25, 0.3) is 0 Å². The monoisotopic (exact) mass is 1530 g/mol. The van der Waals surface area contributed by atoms with Crippen LogP contribution in [0.2, 0.25) is 0 Å². The summed E-state index contributed by atoms with van der Waals surface area (Å²) in [6.45, 7) is 0. The Morgan fingerprint density at radius 1 is 0.229 bits per heavy atom. The summed E-state index contributed by atoms with van der Waals surface area (Å²) in [5.74, 6) is 0. The molecule has 8 nitrogen and oxygen atoms in total. The molecule has 0 bridgehead atoms. The van der Waals surface area contributed by atoms with Crippen molar-refractivity contribution in [1.82, 2.24) is 19.9 Å². The molecular formula is C94H65BrGe2N8. The Labute approximate surface area is 624 Å². The Bertz CT molecular complexity index is 5580. The van der Waals surface area contributed by atoms with Gasteiger partial charge >= 0.3 is 580 Å². The van der Waals surface area contributed by atoms with E-state index in [1.165, 1.54) is 132 Å². The Kier molecular flexibility index (Phi) is 15.0. The number of anilines is 11. The normalized spacial score (nSPS) is 14.8. The van der Waals surface area contributed by atoms with Crippen LogP contribution in [-0.2, 0) is 10.8 Å². The standard InChI is InChI=1S/C47H32GeN4.C43H30GeN2.C4H3BrN2/c1-2-16-33(17-3-1)51-45-28-14-10-24-41(45)48(42-25-11-15-29-46(42)51)39-22-8-4-18-35(39)47(36-19-5-9-23-40(36)48)37-20-6-12-26-43(37)52(34-30-49-32-50-31-34)44-27-13-7-21-38(44)47;1-2-16-30(17-3-1)46-41-28-14-10-24-37(41)44(38-25-11-15-29-42(38)46)35-22-8-4-18-31(35)43(32-19-5-9-23-36(32)44)33-20-6-12-26-39(33)45-40-27-13-7-21-34(40)43;5-4-1-6-3-7-2-4/h1-32H;1-29,45H;1-3H. The fourth-order valence-corrected chi connectivity index (χ4v) is 42.9. The molecule has 6 aliphatic heterocycles. The van der Waals surface area contributed by atoms with Gasteiger partial charge in [0, 0.05) is 12.4 Å². The van der Waals surface area contributed by atoms with E-state index in [1.54, 1.807) is 18.7 Å². The van der Waals surface area contributed by atoms with E-state index >= 15 is 0 Å². The van der Waals surface area contributed by atoms with Crippen LogP contribution in [0.1, 0.15) is 44.5 Å². The molecule has 22 rings (SSSR count). The summed E-state index contributed by atoms with van der Waals surface area (Å²) < 4.78 is 12.8. The number of benzene rings is 14. The molecular weight excluding hydrogens is 1470 g/mol. The summed E-state index contributed by atoms with van der Waals surface area (Å²) in [7, 11) is 0. The average molecular weight is 1530 g/mol. The predicted octanol–water partition coefficient (Wildman–Crippen LogP) is 17.0. The van der Waals surface area contributed by atoms with E-state index < -0.39 is 37.4 Å². The van der Waals surface area contributed by atoms with Gasteiger partial charge < -0.3 is 0 Å². The molecule has 2 aromatic heterocycles. The van der Waals surface area contributed by atoms with Gasteiger partial charge in [0.05, 0.1) is 4.47 Å². The Morgan fingerprint density at radius 2 is 0.476 bits per heavy atom.